The van der Waals surface area contributed by atoms with E-state index in [1.54, 1.807) is 0 Å². The highest BCUT2D eigenvalue weighted by Crippen LogP contribution is 2.70. The van der Waals surface area contributed by atoms with Gasteiger partial charge in [0.05, 0.1) is 12.2 Å². The third kappa shape index (κ3) is 2.55. The van der Waals surface area contributed by atoms with E-state index in [1.807, 2.05) is 76.2 Å². The van der Waals surface area contributed by atoms with Gasteiger partial charge < -0.3 is 14.8 Å². The zero-order valence-electron chi connectivity index (χ0n) is 14.5. The molecular formula is C19H24NO3P. The first kappa shape index (κ1) is 17.4. The molecule has 0 amide bonds. The number of rotatable bonds is 5. The molecule has 0 bridgehead atoms. The molecule has 0 spiro atoms. The van der Waals surface area contributed by atoms with E-state index in [9.17, 15) is 4.57 Å². The summed E-state index contributed by atoms with van der Waals surface area (Å²) in [6.07, 6.45) is -0.537. The van der Waals surface area contributed by atoms with Crippen molar-refractivity contribution in [2.24, 2.45) is 5.73 Å². The normalized spacial score (nSPS) is 15.6. The average molecular weight is 345 g/mol. The molecule has 2 N–H and O–H groups in total. The van der Waals surface area contributed by atoms with Crippen molar-refractivity contribution in [1.82, 2.24) is 0 Å². The van der Waals surface area contributed by atoms with Crippen LogP contribution < -0.4 is 5.73 Å². The van der Waals surface area contributed by atoms with Crippen LogP contribution in [0.25, 0.3) is 11.1 Å². The Bertz CT molecular complexity index is 741. The van der Waals surface area contributed by atoms with Gasteiger partial charge in [-0.25, -0.2) is 0 Å². The van der Waals surface area contributed by atoms with Crippen LogP contribution in [0.4, 0.5) is 0 Å². The maximum Gasteiger partial charge on any atom is 0.359 e. The summed E-state index contributed by atoms with van der Waals surface area (Å²) >= 11 is 0. The van der Waals surface area contributed by atoms with Gasteiger partial charge in [-0.2, -0.15) is 0 Å². The first-order chi connectivity index (χ1) is 11.3. The Morgan fingerprint density at radius 3 is 1.58 bits per heavy atom. The van der Waals surface area contributed by atoms with Crippen molar-refractivity contribution in [2.45, 2.75) is 45.2 Å². The lowest BCUT2D eigenvalue weighted by Crippen LogP contribution is -2.38. The monoisotopic (exact) mass is 345 g/mol. The van der Waals surface area contributed by atoms with Gasteiger partial charge in [0.25, 0.3) is 0 Å². The summed E-state index contributed by atoms with van der Waals surface area (Å²) in [5.74, 6) is 0. The van der Waals surface area contributed by atoms with Gasteiger partial charge in [-0.15, -0.1) is 0 Å². The van der Waals surface area contributed by atoms with Crippen LogP contribution in [0.15, 0.2) is 48.5 Å². The van der Waals surface area contributed by atoms with Crippen LogP contribution in [-0.2, 0) is 18.9 Å². The minimum Gasteiger partial charge on any atom is -0.308 e. The summed E-state index contributed by atoms with van der Waals surface area (Å²) in [6.45, 7) is 7.36. The summed E-state index contributed by atoms with van der Waals surface area (Å²) in [4.78, 5) is 0. The van der Waals surface area contributed by atoms with E-state index in [-0.39, 0.29) is 12.2 Å². The van der Waals surface area contributed by atoms with Crippen LogP contribution in [0.5, 0.6) is 0 Å². The standard InChI is InChI=1S/C19H24NO3P/c1-13(2)22-24(21,23-14(3)4)19(20)17-11-7-5-9-15(17)16-10-6-8-12-18(16)19/h5-14H,20H2,1-4H3. The lowest BCUT2D eigenvalue weighted by Gasteiger charge is -2.36. The van der Waals surface area contributed by atoms with E-state index in [0.717, 1.165) is 22.3 Å². The number of nitrogens with two attached hydrogens (primary N) is 1. The van der Waals surface area contributed by atoms with E-state index < -0.39 is 12.9 Å². The summed E-state index contributed by atoms with van der Waals surface area (Å²) in [7, 11) is -3.68. The van der Waals surface area contributed by atoms with Gasteiger partial charge in [-0.05, 0) is 49.9 Å². The molecule has 0 saturated heterocycles. The van der Waals surface area contributed by atoms with Crippen molar-refractivity contribution >= 4 is 7.60 Å². The molecule has 0 saturated carbocycles. The van der Waals surface area contributed by atoms with E-state index in [0.29, 0.717) is 0 Å². The van der Waals surface area contributed by atoms with Gasteiger partial charge in [0.2, 0.25) is 0 Å². The number of hydrogen-bond acceptors (Lipinski definition) is 4. The zero-order valence-corrected chi connectivity index (χ0v) is 15.4. The molecule has 0 unspecified atom stereocenters. The second-order valence-electron chi connectivity index (χ2n) is 6.66. The lowest BCUT2D eigenvalue weighted by atomic mass is 10.1. The molecule has 4 nitrogen and oxygen atoms in total. The Kier molecular flexibility index (Phi) is 4.43. The first-order valence-corrected chi connectivity index (χ1v) is 9.79. The fourth-order valence-electron chi connectivity index (χ4n) is 3.29. The zero-order chi connectivity index (χ0) is 17.5. The molecule has 2 aromatic carbocycles. The van der Waals surface area contributed by atoms with Crippen LogP contribution in [0, 0.1) is 0 Å². The van der Waals surface area contributed by atoms with Crippen LogP contribution >= 0.6 is 7.60 Å². The van der Waals surface area contributed by atoms with E-state index >= 15 is 0 Å². The number of fused-ring (bicyclic) bond motifs is 3. The van der Waals surface area contributed by atoms with Gasteiger partial charge in [0, 0.05) is 0 Å². The van der Waals surface area contributed by atoms with E-state index in [1.165, 1.54) is 0 Å². The second kappa shape index (κ2) is 6.12. The molecule has 5 heteroatoms. The molecule has 0 atom stereocenters. The minimum atomic E-state index is -3.68. The number of hydrogen-bond donors (Lipinski definition) is 1. The van der Waals surface area contributed by atoms with Crippen molar-refractivity contribution < 1.29 is 13.6 Å². The molecule has 0 fully saturated rings. The van der Waals surface area contributed by atoms with Gasteiger partial charge in [-0.3, -0.25) is 4.57 Å². The topological polar surface area (TPSA) is 61.5 Å². The molecule has 24 heavy (non-hydrogen) atoms. The Morgan fingerprint density at radius 2 is 1.21 bits per heavy atom. The summed E-state index contributed by atoms with van der Waals surface area (Å²) in [6, 6.07) is 15.5. The molecule has 1 aliphatic carbocycles. The van der Waals surface area contributed by atoms with Crippen molar-refractivity contribution in [3.63, 3.8) is 0 Å². The summed E-state index contributed by atoms with van der Waals surface area (Å²) in [5.41, 5.74) is 10.4. The fourth-order valence-corrected chi connectivity index (χ4v) is 5.76. The van der Waals surface area contributed by atoms with Crippen LogP contribution in [0.3, 0.4) is 0 Å². The summed E-state index contributed by atoms with van der Waals surface area (Å²) in [5, 5.41) is -1.31. The average Bonchev–Trinajstić information content (AvgIpc) is 2.78. The second-order valence-corrected chi connectivity index (χ2v) is 8.79. The predicted molar refractivity (Wildman–Crippen MR) is 96.9 cm³/mol. The van der Waals surface area contributed by atoms with Crippen molar-refractivity contribution in [3.8, 4) is 11.1 Å². The molecule has 3 rings (SSSR count). The van der Waals surface area contributed by atoms with Gasteiger partial charge >= 0.3 is 7.60 Å². The highest BCUT2D eigenvalue weighted by atomic mass is 31.2. The van der Waals surface area contributed by atoms with E-state index in [4.69, 9.17) is 14.8 Å². The Hall–Kier alpha value is -1.45. The highest BCUT2D eigenvalue weighted by Gasteiger charge is 2.56. The van der Waals surface area contributed by atoms with Crippen molar-refractivity contribution in [1.29, 1.82) is 0 Å². The van der Waals surface area contributed by atoms with Crippen LogP contribution in [-0.4, -0.2) is 12.2 Å². The third-order valence-corrected chi connectivity index (χ3v) is 6.84. The maximum atomic E-state index is 13.9. The van der Waals surface area contributed by atoms with Crippen molar-refractivity contribution in [2.75, 3.05) is 0 Å². The molecule has 0 radical (unpaired) electrons. The molecule has 0 heterocycles. The molecule has 1 aliphatic rings. The smallest absolute Gasteiger partial charge is 0.308 e. The fraction of sp³-hybridized carbons (Fsp3) is 0.368. The van der Waals surface area contributed by atoms with E-state index in [2.05, 4.69) is 0 Å². The predicted octanol–water partition coefficient (Wildman–Crippen LogP) is 4.87. The summed E-state index contributed by atoms with van der Waals surface area (Å²) < 4.78 is 25.6. The van der Waals surface area contributed by atoms with Crippen molar-refractivity contribution in [3.05, 3.63) is 59.7 Å². The largest absolute Gasteiger partial charge is 0.359 e. The SMILES string of the molecule is CC(C)OP(=O)(OC(C)C)C1(N)c2ccccc2-c2ccccc21. The first-order valence-electron chi connectivity index (χ1n) is 8.25. The third-order valence-electron chi connectivity index (χ3n) is 4.10. The molecular weight excluding hydrogens is 321 g/mol. The quantitative estimate of drug-likeness (QED) is 0.785. The Labute approximate surface area is 143 Å². The highest BCUT2D eigenvalue weighted by molar-refractivity contribution is 7.55. The van der Waals surface area contributed by atoms with Crippen LogP contribution in [0.1, 0.15) is 38.8 Å². The lowest BCUT2D eigenvalue weighted by molar-refractivity contribution is 0.130. The molecule has 0 aromatic heterocycles. The maximum absolute atomic E-state index is 13.9. The Morgan fingerprint density at radius 1 is 0.833 bits per heavy atom. The minimum absolute atomic E-state index is 0.269. The molecule has 128 valence electrons. The van der Waals surface area contributed by atoms with Gasteiger partial charge in [0.15, 0.2) is 5.28 Å². The molecule has 0 aliphatic heterocycles. The van der Waals surface area contributed by atoms with Crippen LogP contribution in [0.2, 0.25) is 0 Å². The van der Waals surface area contributed by atoms with Gasteiger partial charge in [-0.1, -0.05) is 48.5 Å². The molecule has 2 aromatic rings. The van der Waals surface area contributed by atoms with Gasteiger partial charge in [0.1, 0.15) is 0 Å². The number of benzene rings is 2. The Balaban J connectivity index is 2.29.